The molecule has 0 aliphatic rings. The molecule has 0 spiro atoms. The molecule has 2 aromatic heterocycles. The van der Waals surface area contributed by atoms with Crippen LogP contribution in [0.4, 0.5) is 0 Å². The number of esters is 1. The molecule has 0 radical (unpaired) electrons. The fourth-order valence-electron chi connectivity index (χ4n) is 1.82. The van der Waals surface area contributed by atoms with Crippen molar-refractivity contribution >= 4 is 33.5 Å². The minimum atomic E-state index is -0.485. The third kappa shape index (κ3) is 3.03. The Labute approximate surface area is 139 Å². The molecule has 0 bridgehead atoms. The normalized spacial score (nSPS) is 10.5. The van der Waals surface area contributed by atoms with Crippen LogP contribution in [0.15, 0.2) is 59.3 Å². The molecule has 0 N–H and O–H groups in total. The first kappa shape index (κ1) is 14.7. The lowest BCUT2D eigenvalue weighted by Crippen LogP contribution is -2.12. The molecule has 0 atom stereocenters. The summed E-state index contributed by atoms with van der Waals surface area (Å²) >= 11 is 9.37. The van der Waals surface area contributed by atoms with Crippen molar-refractivity contribution in [3.63, 3.8) is 0 Å². The summed E-state index contributed by atoms with van der Waals surface area (Å²) in [6, 6.07) is 13.7. The van der Waals surface area contributed by atoms with Crippen LogP contribution < -0.4 is 4.74 Å². The smallest absolute Gasteiger partial charge is 0.344 e. The standard InChI is InChI=1S/C15H9BrClN3O2/c16-12-9-13(22-15(21)10-5-2-1-3-6-10)20(19-12)14-11(17)7-4-8-18-14/h1-9H. The van der Waals surface area contributed by atoms with E-state index < -0.39 is 5.97 Å². The van der Waals surface area contributed by atoms with E-state index in [1.165, 1.54) is 4.68 Å². The predicted octanol–water partition coefficient (Wildman–Crippen LogP) is 3.90. The maximum atomic E-state index is 12.2. The maximum Gasteiger partial charge on any atom is 0.344 e. The van der Waals surface area contributed by atoms with Crippen LogP contribution >= 0.6 is 27.5 Å². The molecule has 2 heterocycles. The first-order valence-corrected chi connectivity index (χ1v) is 7.46. The molecule has 0 saturated carbocycles. The second-order valence-corrected chi connectivity index (χ2v) is 5.50. The van der Waals surface area contributed by atoms with Crippen molar-refractivity contribution < 1.29 is 9.53 Å². The number of rotatable bonds is 3. The highest BCUT2D eigenvalue weighted by Crippen LogP contribution is 2.26. The Hall–Kier alpha value is -2.18. The predicted molar refractivity (Wildman–Crippen MR) is 85.5 cm³/mol. The van der Waals surface area contributed by atoms with Crippen LogP contribution in [0.25, 0.3) is 5.82 Å². The van der Waals surface area contributed by atoms with E-state index in [9.17, 15) is 4.79 Å². The van der Waals surface area contributed by atoms with Gasteiger partial charge in [0.1, 0.15) is 4.60 Å². The van der Waals surface area contributed by atoms with Crippen LogP contribution in [0.2, 0.25) is 5.02 Å². The Morgan fingerprint density at radius 2 is 1.95 bits per heavy atom. The molecule has 5 nitrogen and oxygen atoms in total. The van der Waals surface area contributed by atoms with Crippen LogP contribution in [-0.2, 0) is 0 Å². The van der Waals surface area contributed by atoms with E-state index in [2.05, 4.69) is 26.0 Å². The molecular weight excluding hydrogens is 370 g/mol. The monoisotopic (exact) mass is 377 g/mol. The number of ether oxygens (including phenoxy) is 1. The number of aromatic nitrogens is 3. The summed E-state index contributed by atoms with van der Waals surface area (Å²) in [6.45, 7) is 0. The van der Waals surface area contributed by atoms with Crippen LogP contribution in [0, 0.1) is 0 Å². The van der Waals surface area contributed by atoms with Gasteiger partial charge < -0.3 is 4.74 Å². The van der Waals surface area contributed by atoms with Crippen molar-refractivity contribution in [3.05, 3.63) is 69.9 Å². The fraction of sp³-hybridized carbons (Fsp3) is 0. The SMILES string of the molecule is O=C(Oc1cc(Br)nn1-c1ncccc1Cl)c1ccccc1. The van der Waals surface area contributed by atoms with Gasteiger partial charge in [0, 0.05) is 12.3 Å². The molecule has 22 heavy (non-hydrogen) atoms. The second kappa shape index (κ2) is 6.29. The quantitative estimate of drug-likeness (QED) is 0.649. The van der Waals surface area contributed by atoms with Gasteiger partial charge in [0.2, 0.25) is 5.88 Å². The van der Waals surface area contributed by atoms with Crippen LogP contribution in [0.3, 0.4) is 0 Å². The zero-order valence-electron chi connectivity index (χ0n) is 11.1. The summed E-state index contributed by atoms with van der Waals surface area (Å²) in [5.74, 6) is 0.119. The summed E-state index contributed by atoms with van der Waals surface area (Å²) in [5, 5.41) is 4.60. The minimum Gasteiger partial charge on any atom is -0.404 e. The Balaban J connectivity index is 1.96. The summed E-state index contributed by atoms with van der Waals surface area (Å²) < 4.78 is 7.27. The summed E-state index contributed by atoms with van der Waals surface area (Å²) in [6.07, 6.45) is 1.58. The van der Waals surface area contributed by atoms with Gasteiger partial charge in [-0.2, -0.15) is 9.78 Å². The number of pyridine rings is 1. The van der Waals surface area contributed by atoms with Crippen LogP contribution in [-0.4, -0.2) is 20.7 Å². The lowest BCUT2D eigenvalue weighted by molar-refractivity contribution is 0.0723. The molecule has 0 saturated heterocycles. The second-order valence-electron chi connectivity index (χ2n) is 4.28. The zero-order chi connectivity index (χ0) is 15.5. The van der Waals surface area contributed by atoms with Crippen molar-refractivity contribution in [2.24, 2.45) is 0 Å². The molecule has 110 valence electrons. The van der Waals surface area contributed by atoms with Crippen molar-refractivity contribution in [3.8, 4) is 11.7 Å². The Morgan fingerprint density at radius 1 is 1.18 bits per heavy atom. The lowest BCUT2D eigenvalue weighted by Gasteiger charge is -2.08. The van der Waals surface area contributed by atoms with E-state index >= 15 is 0 Å². The highest BCUT2D eigenvalue weighted by Gasteiger charge is 2.17. The summed E-state index contributed by atoms with van der Waals surface area (Å²) in [7, 11) is 0. The average Bonchev–Trinajstić information content (AvgIpc) is 2.89. The van der Waals surface area contributed by atoms with E-state index in [0.717, 1.165) is 0 Å². The largest absolute Gasteiger partial charge is 0.404 e. The third-order valence-electron chi connectivity index (χ3n) is 2.79. The number of carbonyl (C=O) groups is 1. The van der Waals surface area contributed by atoms with E-state index in [1.807, 2.05) is 6.07 Å². The van der Waals surface area contributed by atoms with Gasteiger partial charge in [-0.1, -0.05) is 29.8 Å². The van der Waals surface area contributed by atoms with Crippen molar-refractivity contribution in [2.75, 3.05) is 0 Å². The molecule has 0 fully saturated rings. The first-order valence-electron chi connectivity index (χ1n) is 6.29. The topological polar surface area (TPSA) is 57.0 Å². The Morgan fingerprint density at radius 3 is 2.68 bits per heavy atom. The van der Waals surface area contributed by atoms with Crippen molar-refractivity contribution in [2.45, 2.75) is 0 Å². The molecule has 0 aliphatic heterocycles. The molecule has 3 aromatic rings. The lowest BCUT2D eigenvalue weighted by atomic mass is 10.2. The number of carbonyl (C=O) groups excluding carboxylic acids is 1. The Bertz CT molecular complexity index is 821. The number of benzene rings is 1. The van der Waals surface area contributed by atoms with Crippen LogP contribution in [0.1, 0.15) is 10.4 Å². The van der Waals surface area contributed by atoms with Gasteiger partial charge >= 0.3 is 5.97 Å². The van der Waals surface area contributed by atoms with E-state index in [-0.39, 0.29) is 5.88 Å². The van der Waals surface area contributed by atoms with E-state index in [4.69, 9.17) is 16.3 Å². The third-order valence-corrected chi connectivity index (χ3v) is 3.48. The fourth-order valence-corrected chi connectivity index (χ4v) is 2.38. The van der Waals surface area contributed by atoms with Gasteiger partial charge in [0.15, 0.2) is 5.82 Å². The van der Waals surface area contributed by atoms with Crippen molar-refractivity contribution in [1.82, 2.24) is 14.8 Å². The van der Waals surface area contributed by atoms with Gasteiger partial charge in [-0.15, -0.1) is 0 Å². The summed E-state index contributed by atoms with van der Waals surface area (Å²) in [4.78, 5) is 16.3. The maximum absolute atomic E-state index is 12.2. The number of nitrogens with zero attached hydrogens (tertiary/aromatic N) is 3. The van der Waals surface area contributed by atoms with Crippen molar-refractivity contribution in [1.29, 1.82) is 0 Å². The van der Waals surface area contributed by atoms with Gasteiger partial charge in [-0.3, -0.25) is 0 Å². The molecule has 0 amide bonds. The molecular formula is C15H9BrClN3O2. The van der Waals surface area contributed by atoms with E-state index in [1.54, 1.807) is 48.7 Å². The van der Waals surface area contributed by atoms with Gasteiger partial charge in [0.25, 0.3) is 0 Å². The molecule has 0 aliphatic carbocycles. The molecule has 7 heteroatoms. The average molecular weight is 379 g/mol. The van der Waals surface area contributed by atoms with Crippen LogP contribution in [0.5, 0.6) is 5.88 Å². The number of halogens is 2. The molecule has 0 unspecified atom stereocenters. The highest BCUT2D eigenvalue weighted by atomic mass is 79.9. The molecule has 1 aromatic carbocycles. The number of hydrogen-bond acceptors (Lipinski definition) is 4. The Kier molecular flexibility index (Phi) is 4.22. The van der Waals surface area contributed by atoms with Gasteiger partial charge in [-0.05, 0) is 40.2 Å². The van der Waals surface area contributed by atoms with E-state index in [0.29, 0.717) is 21.0 Å². The number of hydrogen-bond donors (Lipinski definition) is 0. The summed E-state index contributed by atoms with van der Waals surface area (Å²) in [5.41, 5.74) is 0.443. The zero-order valence-corrected chi connectivity index (χ0v) is 13.5. The minimum absolute atomic E-state index is 0.223. The first-order chi connectivity index (χ1) is 10.6. The van der Waals surface area contributed by atoms with Gasteiger partial charge in [0.05, 0.1) is 10.6 Å². The molecule has 3 rings (SSSR count). The van der Waals surface area contributed by atoms with Gasteiger partial charge in [-0.25, -0.2) is 9.78 Å². The highest BCUT2D eigenvalue weighted by molar-refractivity contribution is 9.10.